The summed E-state index contributed by atoms with van der Waals surface area (Å²) < 4.78 is 1.86. The fourth-order valence-electron chi connectivity index (χ4n) is 2.44. The number of hydrogen-bond donors (Lipinski definition) is 1. The number of nitrogens with zero attached hydrogens (tertiary/aromatic N) is 3. The van der Waals surface area contributed by atoms with Gasteiger partial charge in [-0.1, -0.05) is 72.2 Å². The van der Waals surface area contributed by atoms with Gasteiger partial charge in [-0.25, -0.2) is 0 Å². The fourth-order valence-corrected chi connectivity index (χ4v) is 3.85. The van der Waals surface area contributed by atoms with Gasteiger partial charge in [-0.05, 0) is 23.8 Å². The predicted molar refractivity (Wildman–Crippen MR) is 110 cm³/mol. The lowest BCUT2D eigenvalue weighted by atomic mass is 10.2. The number of halogens is 2. The van der Waals surface area contributed by atoms with Crippen LogP contribution in [0.25, 0.3) is 5.69 Å². The highest BCUT2D eigenvalue weighted by Crippen LogP contribution is 2.30. The summed E-state index contributed by atoms with van der Waals surface area (Å²) in [6.07, 6.45) is 0.408. The molecule has 0 saturated carbocycles. The smallest absolute Gasteiger partial charge is 0.220 e. The zero-order valence-electron chi connectivity index (χ0n) is 14.7. The molecule has 0 bridgehead atoms. The Morgan fingerprint density at radius 2 is 1.93 bits per heavy atom. The van der Waals surface area contributed by atoms with E-state index in [1.807, 2.05) is 28.8 Å². The summed E-state index contributed by atoms with van der Waals surface area (Å²) >= 11 is 14.0. The van der Waals surface area contributed by atoms with Gasteiger partial charge >= 0.3 is 0 Å². The Kier molecular flexibility index (Phi) is 6.77. The first-order valence-electron chi connectivity index (χ1n) is 8.41. The molecule has 0 atom stereocenters. The molecule has 1 heterocycles. The van der Waals surface area contributed by atoms with Crippen LogP contribution in [0.3, 0.4) is 0 Å². The van der Waals surface area contributed by atoms with E-state index in [-0.39, 0.29) is 12.5 Å². The molecular weight excluding hydrogens is 403 g/mol. The van der Waals surface area contributed by atoms with Crippen molar-refractivity contribution in [2.24, 2.45) is 0 Å². The van der Waals surface area contributed by atoms with Crippen molar-refractivity contribution in [3.05, 3.63) is 70.0 Å². The summed E-state index contributed by atoms with van der Waals surface area (Å²) in [6.45, 7) is 2.07. The third kappa shape index (κ3) is 5.03. The van der Waals surface area contributed by atoms with E-state index in [2.05, 4.69) is 27.6 Å². The van der Waals surface area contributed by atoms with Crippen LogP contribution in [-0.4, -0.2) is 20.7 Å². The molecule has 27 heavy (non-hydrogen) atoms. The van der Waals surface area contributed by atoms with E-state index in [1.54, 1.807) is 30.8 Å². The number of aromatic nitrogens is 3. The highest BCUT2D eigenvalue weighted by atomic mass is 35.5. The molecule has 5 nitrogen and oxygen atoms in total. The third-order valence-corrected chi connectivity index (χ3v) is 5.36. The molecule has 3 rings (SSSR count). The van der Waals surface area contributed by atoms with Crippen molar-refractivity contribution < 1.29 is 4.79 Å². The summed E-state index contributed by atoms with van der Waals surface area (Å²) in [7, 11) is 0. The van der Waals surface area contributed by atoms with Gasteiger partial charge in [0.15, 0.2) is 11.0 Å². The van der Waals surface area contributed by atoms with Gasteiger partial charge in [-0.2, -0.15) is 0 Å². The lowest BCUT2D eigenvalue weighted by Crippen LogP contribution is -2.23. The van der Waals surface area contributed by atoms with Gasteiger partial charge < -0.3 is 5.32 Å². The normalized spacial score (nSPS) is 10.8. The zero-order chi connectivity index (χ0) is 19.2. The van der Waals surface area contributed by atoms with Gasteiger partial charge in [0, 0.05) is 17.2 Å². The van der Waals surface area contributed by atoms with E-state index in [4.69, 9.17) is 23.2 Å². The van der Waals surface area contributed by atoms with E-state index in [9.17, 15) is 4.79 Å². The highest BCUT2D eigenvalue weighted by molar-refractivity contribution is 7.98. The monoisotopic (exact) mass is 420 g/mol. The molecule has 0 unspecified atom stereocenters. The lowest BCUT2D eigenvalue weighted by Gasteiger charge is -2.12. The Bertz CT molecular complexity index is 931. The maximum atomic E-state index is 11.6. The van der Waals surface area contributed by atoms with Gasteiger partial charge in [-0.15, -0.1) is 10.2 Å². The SMILES string of the molecule is CCC(=O)NCc1nnc(SCc2ccccc2)n1-c1ccc(Cl)cc1Cl. The predicted octanol–water partition coefficient (Wildman–Crippen LogP) is 4.89. The quantitative estimate of drug-likeness (QED) is 0.552. The Labute approximate surface area is 172 Å². The number of thioether (sulfide) groups is 1. The number of nitrogens with one attached hydrogen (secondary N) is 1. The summed E-state index contributed by atoms with van der Waals surface area (Å²) in [6, 6.07) is 15.4. The van der Waals surface area contributed by atoms with E-state index in [1.165, 1.54) is 5.56 Å². The van der Waals surface area contributed by atoms with Crippen molar-refractivity contribution >= 4 is 40.9 Å². The molecule has 140 valence electrons. The maximum absolute atomic E-state index is 11.6. The summed E-state index contributed by atoms with van der Waals surface area (Å²) in [5.74, 6) is 1.30. The van der Waals surface area contributed by atoms with Crippen LogP contribution in [0.5, 0.6) is 0 Å². The van der Waals surface area contributed by atoms with Gasteiger partial charge in [-0.3, -0.25) is 9.36 Å². The molecule has 8 heteroatoms. The van der Waals surface area contributed by atoms with Crippen LogP contribution < -0.4 is 5.32 Å². The number of rotatable bonds is 7. The Morgan fingerprint density at radius 3 is 2.63 bits per heavy atom. The molecular formula is C19H18Cl2N4OS. The molecule has 0 aliphatic rings. The molecule has 3 aromatic rings. The van der Waals surface area contributed by atoms with Crippen molar-refractivity contribution in [3.63, 3.8) is 0 Å². The molecule has 1 aromatic heterocycles. The number of hydrogen-bond acceptors (Lipinski definition) is 4. The first-order chi connectivity index (χ1) is 13.1. The minimum Gasteiger partial charge on any atom is -0.349 e. The molecule has 0 radical (unpaired) electrons. The number of amides is 1. The summed E-state index contributed by atoms with van der Waals surface area (Å²) in [4.78, 5) is 11.6. The van der Waals surface area contributed by atoms with Gasteiger partial charge in [0.05, 0.1) is 17.3 Å². The second-order valence-corrected chi connectivity index (χ2v) is 7.52. The standard InChI is InChI=1S/C19H18Cl2N4OS/c1-2-18(26)22-11-17-23-24-19(27-12-13-6-4-3-5-7-13)25(17)16-9-8-14(20)10-15(16)21/h3-10H,2,11-12H2,1H3,(H,22,26). The molecule has 1 amide bonds. The second-order valence-electron chi connectivity index (χ2n) is 5.73. The first-order valence-corrected chi connectivity index (χ1v) is 10.2. The minimum absolute atomic E-state index is 0.0507. The lowest BCUT2D eigenvalue weighted by molar-refractivity contribution is -0.120. The van der Waals surface area contributed by atoms with Gasteiger partial charge in [0.1, 0.15) is 0 Å². The number of carbonyl (C=O) groups excluding carboxylic acids is 1. The van der Waals surface area contributed by atoms with Crippen LogP contribution in [-0.2, 0) is 17.1 Å². The Morgan fingerprint density at radius 1 is 1.15 bits per heavy atom. The Balaban J connectivity index is 1.92. The van der Waals surface area contributed by atoms with Crippen LogP contribution >= 0.6 is 35.0 Å². The number of benzene rings is 2. The third-order valence-electron chi connectivity index (χ3n) is 3.83. The molecule has 2 aromatic carbocycles. The minimum atomic E-state index is -0.0507. The van der Waals surface area contributed by atoms with Crippen LogP contribution in [0, 0.1) is 0 Å². The number of carbonyl (C=O) groups is 1. The molecule has 0 aliphatic carbocycles. The average molecular weight is 421 g/mol. The zero-order valence-corrected chi connectivity index (χ0v) is 17.0. The summed E-state index contributed by atoms with van der Waals surface area (Å²) in [5.41, 5.74) is 1.91. The molecule has 1 N–H and O–H groups in total. The van der Waals surface area contributed by atoms with Gasteiger partial charge in [0.25, 0.3) is 0 Å². The van der Waals surface area contributed by atoms with Crippen molar-refractivity contribution in [1.29, 1.82) is 0 Å². The summed E-state index contributed by atoms with van der Waals surface area (Å²) in [5, 5.41) is 13.1. The second kappa shape index (κ2) is 9.26. The van der Waals surface area contributed by atoms with E-state index < -0.39 is 0 Å². The molecule has 0 aliphatic heterocycles. The maximum Gasteiger partial charge on any atom is 0.220 e. The fraction of sp³-hybridized carbons (Fsp3) is 0.211. The Hall–Kier alpha value is -2.02. The van der Waals surface area contributed by atoms with E-state index >= 15 is 0 Å². The van der Waals surface area contributed by atoms with Crippen molar-refractivity contribution in [3.8, 4) is 5.69 Å². The first kappa shape index (κ1) is 19.7. The van der Waals surface area contributed by atoms with E-state index in [0.717, 1.165) is 11.4 Å². The topological polar surface area (TPSA) is 59.8 Å². The van der Waals surface area contributed by atoms with Crippen molar-refractivity contribution in [2.75, 3.05) is 0 Å². The molecule has 0 spiro atoms. The molecule has 0 fully saturated rings. The van der Waals surface area contributed by atoms with E-state index in [0.29, 0.717) is 27.4 Å². The average Bonchev–Trinajstić information content (AvgIpc) is 3.08. The van der Waals surface area contributed by atoms with Crippen LogP contribution in [0.1, 0.15) is 24.7 Å². The largest absolute Gasteiger partial charge is 0.349 e. The van der Waals surface area contributed by atoms with Crippen LogP contribution in [0.15, 0.2) is 53.7 Å². The highest BCUT2D eigenvalue weighted by Gasteiger charge is 2.17. The van der Waals surface area contributed by atoms with Crippen molar-refractivity contribution in [2.45, 2.75) is 30.8 Å². The van der Waals surface area contributed by atoms with Crippen molar-refractivity contribution in [1.82, 2.24) is 20.1 Å². The van der Waals surface area contributed by atoms with Gasteiger partial charge in [0.2, 0.25) is 5.91 Å². The van der Waals surface area contributed by atoms with Crippen LogP contribution in [0.2, 0.25) is 10.0 Å². The van der Waals surface area contributed by atoms with Crippen LogP contribution in [0.4, 0.5) is 0 Å². The molecule has 0 saturated heterocycles.